The van der Waals surface area contributed by atoms with Gasteiger partial charge in [-0.05, 0) is 17.7 Å². The van der Waals surface area contributed by atoms with E-state index >= 15 is 0 Å². The smallest absolute Gasteiger partial charge is 0.246 e. The topological polar surface area (TPSA) is 46.6 Å². The van der Waals surface area contributed by atoms with Crippen molar-refractivity contribution in [3.05, 3.63) is 23.8 Å². The lowest BCUT2D eigenvalue weighted by atomic mass is 10.2. The highest BCUT2D eigenvalue weighted by Gasteiger charge is 2.33. The van der Waals surface area contributed by atoms with Gasteiger partial charge in [0.1, 0.15) is 10.6 Å². The molecular weight excluding hydrogens is 330 g/mol. The maximum atomic E-state index is 12.9. The normalized spacial score (nSPS) is 24.0. The average molecular weight is 350 g/mol. The van der Waals surface area contributed by atoms with Gasteiger partial charge < -0.3 is 4.74 Å². The molecule has 0 aromatic heterocycles. The van der Waals surface area contributed by atoms with Crippen LogP contribution in [0.3, 0.4) is 0 Å². The quantitative estimate of drug-likeness (QED) is 0.784. The fourth-order valence-corrected chi connectivity index (χ4v) is 5.91. The van der Waals surface area contributed by atoms with E-state index in [-0.39, 0.29) is 15.4 Å². The molecule has 1 fully saturated rings. The van der Waals surface area contributed by atoms with Crippen molar-refractivity contribution in [2.24, 2.45) is 0 Å². The molecule has 1 aromatic carbocycles. The van der Waals surface area contributed by atoms with Gasteiger partial charge in [-0.2, -0.15) is 16.1 Å². The predicted molar refractivity (Wildman–Crippen MR) is 87.8 cm³/mol. The zero-order chi connectivity index (χ0) is 15.6. The number of hydrogen-bond acceptors (Lipinski definition) is 4. The Labute approximate surface area is 135 Å². The fourth-order valence-electron chi connectivity index (χ4n) is 2.47. The summed E-state index contributed by atoms with van der Waals surface area (Å²) in [5.41, 5.74) is 0.836. The second kappa shape index (κ2) is 6.77. The van der Waals surface area contributed by atoms with Crippen LogP contribution in [0.2, 0.25) is 0 Å². The van der Waals surface area contributed by atoms with E-state index in [1.807, 2.05) is 11.8 Å². The number of halogens is 1. The molecule has 1 aliphatic rings. The first-order valence-corrected chi connectivity index (χ1v) is 9.68. The molecule has 0 aliphatic carbocycles. The molecule has 0 spiro atoms. The van der Waals surface area contributed by atoms with Gasteiger partial charge >= 0.3 is 0 Å². The Morgan fingerprint density at radius 3 is 2.48 bits per heavy atom. The summed E-state index contributed by atoms with van der Waals surface area (Å²) in [5.74, 6) is 0.678. The standard InChI is InChI=1S/C14H20ClNO3S2/c1-10-8-16(9-11(2)20-10)21(17,18)14-5-4-12(7-15)6-13(14)19-3/h4-6,10-11H,7-9H2,1-3H3. The van der Waals surface area contributed by atoms with Crippen molar-refractivity contribution >= 4 is 33.4 Å². The molecule has 1 aromatic rings. The highest BCUT2D eigenvalue weighted by molar-refractivity contribution is 8.00. The monoisotopic (exact) mass is 349 g/mol. The second-order valence-corrected chi connectivity index (χ2v) is 9.25. The summed E-state index contributed by atoms with van der Waals surface area (Å²) < 4.78 is 32.5. The van der Waals surface area contributed by atoms with E-state index < -0.39 is 10.0 Å². The number of ether oxygens (including phenoxy) is 1. The van der Waals surface area contributed by atoms with Crippen LogP contribution < -0.4 is 4.74 Å². The molecule has 2 rings (SSSR count). The third-order valence-corrected chi connectivity index (χ3v) is 6.79. The van der Waals surface area contributed by atoms with E-state index in [1.165, 1.54) is 7.11 Å². The van der Waals surface area contributed by atoms with Gasteiger partial charge in [0.05, 0.1) is 7.11 Å². The van der Waals surface area contributed by atoms with Crippen molar-refractivity contribution in [3.63, 3.8) is 0 Å². The molecule has 1 saturated heterocycles. The average Bonchev–Trinajstić information content (AvgIpc) is 2.45. The molecule has 0 amide bonds. The number of thioether (sulfide) groups is 1. The maximum absolute atomic E-state index is 12.9. The Bertz CT molecular complexity index is 596. The second-order valence-electron chi connectivity index (χ2n) is 5.20. The summed E-state index contributed by atoms with van der Waals surface area (Å²) in [4.78, 5) is 0.213. The van der Waals surface area contributed by atoms with Crippen molar-refractivity contribution in [3.8, 4) is 5.75 Å². The van der Waals surface area contributed by atoms with Crippen LogP contribution in [0.25, 0.3) is 0 Å². The van der Waals surface area contributed by atoms with E-state index in [4.69, 9.17) is 16.3 Å². The largest absolute Gasteiger partial charge is 0.495 e. The summed E-state index contributed by atoms with van der Waals surface area (Å²) in [7, 11) is -2.07. The third kappa shape index (κ3) is 3.67. The molecule has 1 heterocycles. The number of alkyl halides is 1. The van der Waals surface area contributed by atoms with Crippen molar-refractivity contribution in [1.82, 2.24) is 4.31 Å². The summed E-state index contributed by atoms with van der Waals surface area (Å²) in [6, 6.07) is 5.00. The van der Waals surface area contributed by atoms with Crippen molar-refractivity contribution in [1.29, 1.82) is 0 Å². The van der Waals surface area contributed by atoms with Crippen LogP contribution in [0.4, 0.5) is 0 Å². The van der Waals surface area contributed by atoms with Crippen LogP contribution in [0.15, 0.2) is 23.1 Å². The Morgan fingerprint density at radius 2 is 1.95 bits per heavy atom. The van der Waals surface area contributed by atoms with Crippen molar-refractivity contribution in [2.45, 2.75) is 35.1 Å². The lowest BCUT2D eigenvalue weighted by Gasteiger charge is -2.33. The number of benzene rings is 1. The van der Waals surface area contributed by atoms with Gasteiger partial charge in [-0.1, -0.05) is 19.9 Å². The van der Waals surface area contributed by atoms with Gasteiger partial charge in [0.2, 0.25) is 10.0 Å². The summed E-state index contributed by atoms with van der Waals surface area (Å²) >= 11 is 7.61. The van der Waals surface area contributed by atoms with Gasteiger partial charge in [-0.3, -0.25) is 0 Å². The molecule has 2 atom stereocenters. The van der Waals surface area contributed by atoms with Crippen molar-refractivity contribution in [2.75, 3.05) is 20.2 Å². The molecule has 0 N–H and O–H groups in total. The van der Waals surface area contributed by atoms with E-state index in [0.717, 1.165) is 5.56 Å². The Hall–Kier alpha value is -0.430. The molecule has 1 aliphatic heterocycles. The Kier molecular flexibility index (Phi) is 5.46. The molecule has 0 bridgehead atoms. The van der Waals surface area contributed by atoms with Gasteiger partial charge in [-0.25, -0.2) is 8.42 Å². The molecule has 0 radical (unpaired) electrons. The number of rotatable bonds is 4. The van der Waals surface area contributed by atoms with Gasteiger partial charge in [0.25, 0.3) is 0 Å². The molecule has 21 heavy (non-hydrogen) atoms. The number of nitrogens with zero attached hydrogens (tertiary/aromatic N) is 1. The SMILES string of the molecule is COc1cc(CCl)ccc1S(=O)(=O)N1CC(C)SC(C)C1. The highest BCUT2D eigenvalue weighted by Crippen LogP contribution is 2.33. The first-order chi connectivity index (χ1) is 9.88. The van der Waals surface area contributed by atoms with Gasteiger partial charge in [0, 0.05) is 29.5 Å². The van der Waals surface area contributed by atoms with E-state index in [1.54, 1.807) is 22.5 Å². The van der Waals surface area contributed by atoms with Crippen LogP contribution in [-0.4, -0.2) is 43.4 Å². The predicted octanol–water partition coefficient (Wildman–Crippen LogP) is 2.95. The van der Waals surface area contributed by atoms with E-state index in [9.17, 15) is 8.42 Å². The molecule has 7 heteroatoms. The molecule has 0 saturated carbocycles. The Balaban J connectivity index is 2.39. The van der Waals surface area contributed by atoms with Crippen LogP contribution >= 0.6 is 23.4 Å². The van der Waals surface area contributed by atoms with Crippen LogP contribution in [0.1, 0.15) is 19.4 Å². The van der Waals surface area contributed by atoms with Crippen LogP contribution in [0, 0.1) is 0 Å². The molecule has 4 nitrogen and oxygen atoms in total. The first kappa shape index (κ1) is 16.9. The number of methoxy groups -OCH3 is 1. The molecule has 2 unspecified atom stereocenters. The summed E-state index contributed by atoms with van der Waals surface area (Å²) in [6.07, 6.45) is 0. The zero-order valence-electron chi connectivity index (χ0n) is 12.4. The fraction of sp³-hybridized carbons (Fsp3) is 0.571. The molecular formula is C14H20ClNO3S2. The maximum Gasteiger partial charge on any atom is 0.246 e. The first-order valence-electron chi connectivity index (χ1n) is 6.77. The van der Waals surface area contributed by atoms with Crippen LogP contribution in [-0.2, 0) is 15.9 Å². The number of sulfonamides is 1. The van der Waals surface area contributed by atoms with Gasteiger partial charge in [0.15, 0.2) is 0 Å². The van der Waals surface area contributed by atoms with Gasteiger partial charge in [-0.15, -0.1) is 11.6 Å². The Morgan fingerprint density at radius 1 is 1.33 bits per heavy atom. The minimum atomic E-state index is -3.54. The summed E-state index contributed by atoms with van der Waals surface area (Å²) in [6.45, 7) is 5.16. The number of hydrogen-bond donors (Lipinski definition) is 0. The lowest BCUT2D eigenvalue weighted by molar-refractivity contribution is 0.385. The van der Waals surface area contributed by atoms with E-state index in [2.05, 4.69) is 13.8 Å². The third-order valence-electron chi connectivity index (χ3n) is 3.39. The minimum Gasteiger partial charge on any atom is -0.495 e. The zero-order valence-corrected chi connectivity index (χ0v) is 14.8. The summed E-state index contributed by atoms with van der Waals surface area (Å²) in [5, 5.41) is 0.577. The highest BCUT2D eigenvalue weighted by atomic mass is 35.5. The van der Waals surface area contributed by atoms with Crippen LogP contribution in [0.5, 0.6) is 5.75 Å². The molecule has 118 valence electrons. The minimum absolute atomic E-state index is 0.213. The lowest BCUT2D eigenvalue weighted by Crippen LogP contribution is -2.44. The van der Waals surface area contributed by atoms with E-state index in [0.29, 0.717) is 24.7 Å². The van der Waals surface area contributed by atoms with Crippen molar-refractivity contribution < 1.29 is 13.2 Å².